The third-order valence-corrected chi connectivity index (χ3v) is 4.70. The SMILES string of the molecule is CN(C)[C@@H](Cc1cccc(OCc2ccccc2)c1)C(=O)OCc1ccccc1. The van der Waals surface area contributed by atoms with Crippen LogP contribution < -0.4 is 4.74 Å². The molecule has 0 aromatic heterocycles. The Morgan fingerprint density at radius 1 is 0.793 bits per heavy atom. The third-order valence-electron chi connectivity index (χ3n) is 4.70. The fourth-order valence-corrected chi connectivity index (χ4v) is 3.03. The number of hydrogen-bond acceptors (Lipinski definition) is 4. The fourth-order valence-electron chi connectivity index (χ4n) is 3.03. The summed E-state index contributed by atoms with van der Waals surface area (Å²) in [5.74, 6) is 0.566. The molecule has 0 heterocycles. The molecule has 0 bridgehead atoms. The van der Waals surface area contributed by atoms with Gasteiger partial charge in [0.15, 0.2) is 0 Å². The van der Waals surface area contributed by atoms with Gasteiger partial charge in [0, 0.05) is 0 Å². The normalized spacial score (nSPS) is 11.8. The largest absolute Gasteiger partial charge is 0.489 e. The van der Waals surface area contributed by atoms with Gasteiger partial charge < -0.3 is 9.47 Å². The van der Waals surface area contributed by atoms with Crippen LogP contribution in [0.5, 0.6) is 5.75 Å². The van der Waals surface area contributed by atoms with E-state index < -0.39 is 0 Å². The lowest BCUT2D eigenvalue weighted by Crippen LogP contribution is -2.38. The summed E-state index contributed by atoms with van der Waals surface area (Å²) in [4.78, 5) is 14.6. The molecular weight excluding hydrogens is 362 g/mol. The molecule has 0 N–H and O–H groups in total. The first-order chi connectivity index (χ1) is 14.1. The van der Waals surface area contributed by atoms with Gasteiger partial charge in [0.05, 0.1) is 0 Å². The molecule has 0 spiro atoms. The Balaban J connectivity index is 1.60. The summed E-state index contributed by atoms with van der Waals surface area (Å²) < 4.78 is 11.5. The maximum atomic E-state index is 12.7. The second-order valence-corrected chi connectivity index (χ2v) is 7.20. The smallest absolute Gasteiger partial charge is 0.324 e. The molecule has 150 valence electrons. The van der Waals surface area contributed by atoms with Gasteiger partial charge in [-0.05, 0) is 49.3 Å². The molecule has 0 unspecified atom stereocenters. The predicted molar refractivity (Wildman–Crippen MR) is 115 cm³/mol. The van der Waals surface area contributed by atoms with Gasteiger partial charge in [-0.2, -0.15) is 0 Å². The quantitative estimate of drug-likeness (QED) is 0.506. The minimum Gasteiger partial charge on any atom is -0.489 e. The topological polar surface area (TPSA) is 38.8 Å². The van der Waals surface area contributed by atoms with E-state index in [9.17, 15) is 4.79 Å². The van der Waals surface area contributed by atoms with Gasteiger partial charge in [-0.25, -0.2) is 0 Å². The maximum absolute atomic E-state index is 12.7. The Labute approximate surface area is 172 Å². The average molecular weight is 389 g/mol. The first-order valence-corrected chi connectivity index (χ1v) is 9.74. The number of nitrogens with zero attached hydrogens (tertiary/aromatic N) is 1. The van der Waals surface area contributed by atoms with Crippen LogP contribution in [0.25, 0.3) is 0 Å². The van der Waals surface area contributed by atoms with Crippen LogP contribution in [-0.4, -0.2) is 31.0 Å². The summed E-state index contributed by atoms with van der Waals surface area (Å²) in [6, 6.07) is 27.3. The second kappa shape index (κ2) is 10.4. The molecular formula is C25H27NO3. The van der Waals surface area contributed by atoms with Crippen molar-refractivity contribution in [3.63, 3.8) is 0 Å². The summed E-state index contributed by atoms with van der Waals surface area (Å²) in [5, 5.41) is 0. The minimum absolute atomic E-state index is 0.227. The lowest BCUT2D eigenvalue weighted by Gasteiger charge is -2.23. The highest BCUT2D eigenvalue weighted by Gasteiger charge is 2.23. The van der Waals surface area contributed by atoms with Crippen LogP contribution in [0.1, 0.15) is 16.7 Å². The predicted octanol–water partition coefficient (Wildman–Crippen LogP) is 4.48. The Bertz CT molecular complexity index is 894. The van der Waals surface area contributed by atoms with Crippen LogP contribution >= 0.6 is 0 Å². The van der Waals surface area contributed by atoms with E-state index in [1.807, 2.05) is 104 Å². The fraction of sp³-hybridized carbons (Fsp3) is 0.240. The zero-order valence-electron chi connectivity index (χ0n) is 17.0. The molecule has 0 saturated carbocycles. The van der Waals surface area contributed by atoms with Crippen molar-refractivity contribution in [2.24, 2.45) is 0 Å². The van der Waals surface area contributed by atoms with Crippen molar-refractivity contribution in [2.45, 2.75) is 25.7 Å². The molecule has 3 aromatic carbocycles. The second-order valence-electron chi connectivity index (χ2n) is 7.20. The van der Waals surface area contributed by atoms with E-state index in [0.29, 0.717) is 13.0 Å². The minimum atomic E-state index is -0.358. The molecule has 4 nitrogen and oxygen atoms in total. The molecule has 0 fully saturated rings. The molecule has 3 rings (SSSR count). The van der Waals surface area contributed by atoms with Crippen LogP contribution in [0, 0.1) is 0 Å². The summed E-state index contributed by atoms with van der Waals surface area (Å²) in [5.41, 5.74) is 3.13. The standard InChI is InChI=1S/C25H27NO3/c1-26(2)24(25(27)29-19-21-12-7-4-8-13-21)17-22-14-9-15-23(16-22)28-18-20-10-5-3-6-11-20/h3-16,24H,17-19H2,1-2H3/t24-/m0/s1. The van der Waals surface area contributed by atoms with E-state index in [0.717, 1.165) is 22.4 Å². The van der Waals surface area contributed by atoms with Crippen molar-refractivity contribution in [1.29, 1.82) is 0 Å². The number of carbonyl (C=O) groups is 1. The zero-order valence-corrected chi connectivity index (χ0v) is 17.0. The van der Waals surface area contributed by atoms with Crippen LogP contribution in [0.15, 0.2) is 84.9 Å². The van der Waals surface area contributed by atoms with Crippen molar-refractivity contribution in [1.82, 2.24) is 4.90 Å². The Hall–Kier alpha value is -3.11. The number of benzene rings is 3. The van der Waals surface area contributed by atoms with Gasteiger partial charge >= 0.3 is 5.97 Å². The van der Waals surface area contributed by atoms with Crippen molar-refractivity contribution < 1.29 is 14.3 Å². The summed E-state index contributed by atoms with van der Waals surface area (Å²) in [6.07, 6.45) is 0.559. The molecule has 0 aliphatic carbocycles. The molecule has 29 heavy (non-hydrogen) atoms. The van der Waals surface area contributed by atoms with Crippen molar-refractivity contribution >= 4 is 5.97 Å². The van der Waals surface area contributed by atoms with Crippen LogP contribution in [0.2, 0.25) is 0 Å². The van der Waals surface area contributed by atoms with Gasteiger partial charge in [0.2, 0.25) is 0 Å². The first kappa shape index (κ1) is 20.6. The van der Waals surface area contributed by atoms with E-state index in [-0.39, 0.29) is 18.6 Å². The number of ether oxygens (including phenoxy) is 2. The lowest BCUT2D eigenvalue weighted by atomic mass is 10.0. The Kier molecular flexibility index (Phi) is 7.42. The number of rotatable bonds is 9. The van der Waals surface area contributed by atoms with E-state index >= 15 is 0 Å². The molecule has 0 aliphatic rings. The highest BCUT2D eigenvalue weighted by atomic mass is 16.5. The summed E-state index contributed by atoms with van der Waals surface area (Å²) >= 11 is 0. The molecule has 0 aliphatic heterocycles. The Morgan fingerprint density at radius 2 is 1.38 bits per heavy atom. The number of carbonyl (C=O) groups excluding carboxylic acids is 1. The van der Waals surface area contributed by atoms with Crippen molar-refractivity contribution in [2.75, 3.05) is 14.1 Å². The maximum Gasteiger partial charge on any atom is 0.324 e. The van der Waals surface area contributed by atoms with Crippen molar-refractivity contribution in [3.8, 4) is 5.75 Å². The van der Waals surface area contributed by atoms with E-state index in [1.54, 1.807) is 0 Å². The lowest BCUT2D eigenvalue weighted by molar-refractivity contribution is -0.150. The van der Waals surface area contributed by atoms with Crippen LogP contribution in [0.3, 0.4) is 0 Å². The van der Waals surface area contributed by atoms with Gasteiger partial charge in [0.1, 0.15) is 25.0 Å². The molecule has 0 radical (unpaired) electrons. The van der Waals surface area contributed by atoms with Crippen molar-refractivity contribution in [3.05, 3.63) is 102 Å². The van der Waals surface area contributed by atoms with Gasteiger partial charge in [-0.1, -0.05) is 72.8 Å². The first-order valence-electron chi connectivity index (χ1n) is 9.74. The molecule has 4 heteroatoms. The molecule has 0 saturated heterocycles. The zero-order chi connectivity index (χ0) is 20.5. The van der Waals surface area contributed by atoms with E-state index in [1.165, 1.54) is 0 Å². The number of hydrogen-bond donors (Lipinski definition) is 0. The molecule has 3 aromatic rings. The highest BCUT2D eigenvalue weighted by molar-refractivity contribution is 5.76. The monoisotopic (exact) mass is 389 g/mol. The van der Waals surface area contributed by atoms with E-state index in [2.05, 4.69) is 0 Å². The highest BCUT2D eigenvalue weighted by Crippen LogP contribution is 2.18. The summed E-state index contributed by atoms with van der Waals surface area (Å²) in [7, 11) is 3.79. The molecule has 0 amide bonds. The summed E-state index contributed by atoms with van der Waals surface area (Å²) in [6.45, 7) is 0.796. The van der Waals surface area contributed by atoms with Crippen LogP contribution in [0.4, 0.5) is 0 Å². The third kappa shape index (κ3) is 6.47. The van der Waals surface area contributed by atoms with Gasteiger partial charge in [-0.3, -0.25) is 9.69 Å². The average Bonchev–Trinajstić information content (AvgIpc) is 2.76. The number of esters is 1. The number of likely N-dealkylation sites (N-methyl/N-ethyl adjacent to an activating group) is 1. The Morgan fingerprint density at radius 3 is 2.00 bits per heavy atom. The van der Waals surface area contributed by atoms with Gasteiger partial charge in [-0.15, -0.1) is 0 Å². The van der Waals surface area contributed by atoms with Crippen LogP contribution in [-0.2, 0) is 29.2 Å². The molecule has 1 atom stereocenters. The van der Waals surface area contributed by atoms with Gasteiger partial charge in [0.25, 0.3) is 0 Å². The van der Waals surface area contributed by atoms with E-state index in [4.69, 9.17) is 9.47 Å².